The molecular formula is C25H39BN4O6. The molecule has 0 aromatic heterocycles. The molecule has 0 unspecified atom stereocenters. The summed E-state index contributed by atoms with van der Waals surface area (Å²) in [4.78, 5) is 29.8. The van der Waals surface area contributed by atoms with Gasteiger partial charge in [0.25, 0.3) is 5.91 Å². The highest BCUT2D eigenvalue weighted by molar-refractivity contribution is 6.41. The standard InChI is InChI=1S/C25H39BN4O6/c1-25(2,30-11-13-35-14-12-30)15-20(17-27)23(31)29-10-6-5-9-21(18-29)36-24(32)28-22(16-26(33)34)19-7-3-4-8-19/h7,15,21-22,33-34H,3-6,8-14,16,18H2,1-2H3,(H,28,32)/t21-,22-/m1/s1. The van der Waals surface area contributed by atoms with Crippen molar-refractivity contribution in [3.63, 3.8) is 0 Å². The topological polar surface area (TPSA) is 135 Å². The summed E-state index contributed by atoms with van der Waals surface area (Å²) >= 11 is 0. The van der Waals surface area contributed by atoms with Gasteiger partial charge in [0.1, 0.15) is 17.7 Å². The lowest BCUT2D eigenvalue weighted by Gasteiger charge is -2.39. The van der Waals surface area contributed by atoms with Crippen LogP contribution in [-0.2, 0) is 14.3 Å². The minimum absolute atomic E-state index is 0.00847. The third-order valence-corrected chi connectivity index (χ3v) is 7.13. The van der Waals surface area contributed by atoms with Crippen molar-refractivity contribution in [2.24, 2.45) is 0 Å². The molecule has 0 spiro atoms. The Kier molecular flexibility index (Phi) is 10.4. The monoisotopic (exact) mass is 502 g/mol. The molecule has 0 saturated carbocycles. The summed E-state index contributed by atoms with van der Waals surface area (Å²) in [5.41, 5.74) is 0.582. The van der Waals surface area contributed by atoms with E-state index in [1.807, 2.05) is 19.9 Å². The van der Waals surface area contributed by atoms with Gasteiger partial charge in [-0.25, -0.2) is 4.79 Å². The molecule has 2 heterocycles. The van der Waals surface area contributed by atoms with Crippen LogP contribution >= 0.6 is 0 Å². The molecular weight excluding hydrogens is 463 g/mol. The zero-order chi connectivity index (χ0) is 26.1. The lowest BCUT2D eigenvalue weighted by atomic mass is 9.79. The molecule has 11 heteroatoms. The minimum Gasteiger partial charge on any atom is -0.444 e. The molecule has 0 bridgehead atoms. The summed E-state index contributed by atoms with van der Waals surface area (Å²) in [6, 6.07) is 1.58. The van der Waals surface area contributed by atoms with Crippen LogP contribution in [0.5, 0.6) is 0 Å². The summed E-state index contributed by atoms with van der Waals surface area (Å²) in [5, 5.41) is 31.4. The number of rotatable bonds is 8. The zero-order valence-electron chi connectivity index (χ0n) is 21.4. The number of hydrogen-bond donors (Lipinski definition) is 3. The maximum absolute atomic E-state index is 13.3. The molecule has 3 rings (SSSR count). The van der Waals surface area contributed by atoms with Crippen LogP contribution in [0.4, 0.5) is 4.79 Å². The fourth-order valence-corrected chi connectivity index (χ4v) is 5.13. The van der Waals surface area contributed by atoms with E-state index in [1.54, 1.807) is 11.0 Å². The van der Waals surface area contributed by atoms with Gasteiger partial charge in [-0.2, -0.15) is 5.26 Å². The predicted molar refractivity (Wildman–Crippen MR) is 135 cm³/mol. The number of alkyl carbamates (subject to hydrolysis) is 1. The Balaban J connectivity index is 1.63. The number of likely N-dealkylation sites (tertiary alicyclic amines) is 1. The lowest BCUT2D eigenvalue weighted by Crippen LogP contribution is -2.49. The maximum Gasteiger partial charge on any atom is 0.453 e. The van der Waals surface area contributed by atoms with E-state index in [-0.39, 0.29) is 24.3 Å². The van der Waals surface area contributed by atoms with Crippen molar-refractivity contribution in [1.82, 2.24) is 15.1 Å². The maximum atomic E-state index is 13.3. The van der Waals surface area contributed by atoms with Crippen LogP contribution in [-0.4, -0.2) is 96.0 Å². The second kappa shape index (κ2) is 13.2. The van der Waals surface area contributed by atoms with Crippen molar-refractivity contribution in [2.75, 3.05) is 39.4 Å². The quantitative estimate of drug-likeness (QED) is 0.197. The summed E-state index contributed by atoms with van der Waals surface area (Å²) in [5.74, 6) is -0.355. The SMILES string of the molecule is CC(C)(C=C(C#N)C(=O)N1CCCC[C@@H](OC(=O)N[C@H](CB(O)O)C2=CCCC2)C1)N1CCOCC1. The van der Waals surface area contributed by atoms with Crippen molar-refractivity contribution in [1.29, 1.82) is 5.26 Å². The normalized spacial score (nSPS) is 22.8. The molecule has 2 amide bonds. The summed E-state index contributed by atoms with van der Waals surface area (Å²) < 4.78 is 11.1. The van der Waals surface area contributed by atoms with Gasteiger partial charge in [-0.15, -0.1) is 0 Å². The minimum atomic E-state index is -1.54. The van der Waals surface area contributed by atoms with Gasteiger partial charge in [-0.1, -0.05) is 11.6 Å². The van der Waals surface area contributed by atoms with Crippen LogP contribution in [0.1, 0.15) is 52.4 Å². The first-order valence-electron chi connectivity index (χ1n) is 13.0. The van der Waals surface area contributed by atoms with E-state index in [1.165, 1.54) is 0 Å². The van der Waals surface area contributed by atoms with E-state index in [4.69, 9.17) is 9.47 Å². The zero-order valence-corrected chi connectivity index (χ0v) is 21.4. The van der Waals surface area contributed by atoms with Crippen LogP contribution in [0.3, 0.4) is 0 Å². The third kappa shape index (κ3) is 8.06. The second-order valence-electron chi connectivity index (χ2n) is 10.3. The van der Waals surface area contributed by atoms with Crippen LogP contribution in [0.25, 0.3) is 0 Å². The average Bonchev–Trinajstić information content (AvgIpc) is 3.29. The van der Waals surface area contributed by atoms with Gasteiger partial charge in [0.2, 0.25) is 0 Å². The van der Waals surface area contributed by atoms with Gasteiger partial charge in [0.05, 0.1) is 25.8 Å². The van der Waals surface area contributed by atoms with Gasteiger partial charge >= 0.3 is 13.2 Å². The number of carbonyl (C=O) groups excluding carboxylic acids is 2. The summed E-state index contributed by atoms with van der Waals surface area (Å²) in [7, 11) is -1.54. The summed E-state index contributed by atoms with van der Waals surface area (Å²) in [6.07, 6.45) is 7.42. The van der Waals surface area contributed by atoms with Crippen molar-refractivity contribution in [3.8, 4) is 6.07 Å². The van der Waals surface area contributed by atoms with Gasteiger partial charge in [0, 0.05) is 31.5 Å². The van der Waals surface area contributed by atoms with Crippen molar-refractivity contribution < 1.29 is 29.1 Å². The van der Waals surface area contributed by atoms with Gasteiger partial charge in [0.15, 0.2) is 0 Å². The molecule has 36 heavy (non-hydrogen) atoms. The van der Waals surface area contributed by atoms with Gasteiger partial charge < -0.3 is 29.7 Å². The smallest absolute Gasteiger partial charge is 0.444 e. The number of ether oxygens (including phenoxy) is 2. The van der Waals surface area contributed by atoms with Crippen molar-refractivity contribution in [2.45, 2.75) is 76.4 Å². The van der Waals surface area contributed by atoms with Crippen LogP contribution in [0.2, 0.25) is 6.32 Å². The molecule has 198 valence electrons. The number of allylic oxidation sites excluding steroid dienone is 1. The van der Waals surface area contributed by atoms with Crippen LogP contribution in [0, 0.1) is 11.3 Å². The molecule has 2 fully saturated rings. The highest BCUT2D eigenvalue weighted by Crippen LogP contribution is 2.24. The first-order chi connectivity index (χ1) is 17.2. The van der Waals surface area contributed by atoms with Crippen LogP contribution in [0.15, 0.2) is 23.3 Å². The highest BCUT2D eigenvalue weighted by atomic mass is 16.6. The average molecular weight is 502 g/mol. The van der Waals surface area contributed by atoms with Gasteiger partial charge in [-0.05, 0) is 58.4 Å². The lowest BCUT2D eigenvalue weighted by molar-refractivity contribution is -0.127. The summed E-state index contributed by atoms with van der Waals surface area (Å²) in [6.45, 7) is 7.38. The Labute approximate surface area is 214 Å². The largest absolute Gasteiger partial charge is 0.453 e. The number of nitrogens with one attached hydrogen (secondary N) is 1. The first kappa shape index (κ1) is 28.2. The number of amides is 2. The Hall–Kier alpha value is -2.39. The molecule has 0 radical (unpaired) electrons. The number of hydrogen-bond acceptors (Lipinski definition) is 8. The van der Waals surface area contributed by atoms with Crippen molar-refractivity contribution >= 4 is 19.1 Å². The highest BCUT2D eigenvalue weighted by Gasteiger charge is 2.32. The molecule has 1 aliphatic carbocycles. The molecule has 2 atom stereocenters. The fourth-order valence-electron chi connectivity index (χ4n) is 5.13. The Bertz CT molecular complexity index is 878. The molecule has 3 N–H and O–H groups in total. The van der Waals surface area contributed by atoms with E-state index >= 15 is 0 Å². The van der Waals surface area contributed by atoms with E-state index in [0.717, 1.165) is 50.8 Å². The number of carbonyl (C=O) groups is 2. The molecule has 0 aromatic rings. The molecule has 0 aromatic carbocycles. The second-order valence-corrected chi connectivity index (χ2v) is 10.3. The fraction of sp³-hybridized carbons (Fsp3) is 0.720. The Morgan fingerprint density at radius 1 is 1.31 bits per heavy atom. The van der Waals surface area contributed by atoms with E-state index in [2.05, 4.69) is 16.3 Å². The van der Waals surface area contributed by atoms with E-state index in [9.17, 15) is 24.9 Å². The third-order valence-electron chi connectivity index (χ3n) is 7.13. The first-order valence-corrected chi connectivity index (χ1v) is 13.0. The Morgan fingerprint density at radius 3 is 2.69 bits per heavy atom. The molecule has 2 saturated heterocycles. The molecule has 2 aliphatic heterocycles. The molecule has 3 aliphatic rings. The predicted octanol–water partition coefficient (Wildman–Crippen LogP) is 1.61. The number of nitriles is 1. The number of morpholine rings is 1. The number of nitrogens with zero attached hydrogens (tertiary/aromatic N) is 3. The van der Waals surface area contributed by atoms with Gasteiger partial charge in [-0.3, -0.25) is 9.69 Å². The van der Waals surface area contributed by atoms with E-state index in [0.29, 0.717) is 26.2 Å². The van der Waals surface area contributed by atoms with E-state index < -0.39 is 30.9 Å². The molecule has 10 nitrogen and oxygen atoms in total. The Morgan fingerprint density at radius 2 is 2.06 bits per heavy atom. The van der Waals surface area contributed by atoms with Crippen molar-refractivity contribution in [3.05, 3.63) is 23.3 Å². The van der Waals surface area contributed by atoms with Crippen LogP contribution < -0.4 is 5.32 Å².